The average molecular weight is 591 g/mol. The molecule has 0 bridgehead atoms. The molecule has 43 heavy (non-hydrogen) atoms. The molecule has 8 heteroatoms. The van der Waals surface area contributed by atoms with Crippen LogP contribution in [0, 0.1) is 50.7 Å². The van der Waals surface area contributed by atoms with Crippen molar-refractivity contribution in [3.05, 3.63) is 46.3 Å². The average Bonchev–Trinajstić information content (AvgIpc) is 3.34. The molecule has 6 rings (SSSR count). The number of urea groups is 1. The highest BCUT2D eigenvalue weighted by atomic mass is 16.5. The fourth-order valence-electron chi connectivity index (χ4n) is 12.2. The number of aliphatic hydroxyl groups excluding tert-OH is 1. The van der Waals surface area contributed by atoms with E-state index in [0.717, 1.165) is 56.9 Å². The lowest BCUT2D eigenvalue weighted by Crippen LogP contribution is -2.67. The van der Waals surface area contributed by atoms with Crippen LogP contribution >= 0.6 is 0 Å². The molecule has 234 valence electrons. The van der Waals surface area contributed by atoms with Gasteiger partial charge in [-0.2, -0.15) is 0 Å². The quantitative estimate of drug-likeness (QED) is 0.160. The van der Waals surface area contributed by atoms with Gasteiger partial charge in [-0.3, -0.25) is 9.59 Å². The summed E-state index contributed by atoms with van der Waals surface area (Å²) < 4.78 is 6.08. The second kappa shape index (κ2) is 10.5. The number of amides is 2. The van der Waals surface area contributed by atoms with Crippen molar-refractivity contribution in [2.24, 2.45) is 55.9 Å². The number of esters is 1. The van der Waals surface area contributed by atoms with E-state index in [0.29, 0.717) is 24.7 Å². The van der Waals surface area contributed by atoms with Gasteiger partial charge < -0.3 is 15.2 Å². The fraction of sp³-hybridized carbons (Fsp3) is 0.771. The first kappa shape index (κ1) is 30.5. The van der Waals surface area contributed by atoms with E-state index < -0.39 is 11.4 Å². The first-order valence-corrected chi connectivity index (χ1v) is 16.6. The smallest absolute Gasteiger partial charge is 0.312 e. The zero-order valence-corrected chi connectivity index (χ0v) is 26.6. The minimum absolute atomic E-state index is 0.0101. The highest BCUT2D eigenvalue weighted by Gasteiger charge is 2.72. The maximum Gasteiger partial charge on any atom is 0.312 e. The predicted octanol–water partition coefficient (Wildman–Crippen LogP) is 7.94. The van der Waals surface area contributed by atoms with Crippen LogP contribution in [-0.2, 0) is 16.1 Å². The van der Waals surface area contributed by atoms with Gasteiger partial charge in [0.2, 0.25) is 0 Å². The third-order valence-corrected chi connectivity index (χ3v) is 14.5. The Labute approximate surface area is 256 Å². The zero-order valence-electron chi connectivity index (χ0n) is 26.6. The van der Waals surface area contributed by atoms with Gasteiger partial charge in [0, 0.05) is 16.1 Å². The van der Waals surface area contributed by atoms with Gasteiger partial charge in [0.25, 0.3) is 0 Å². The van der Waals surface area contributed by atoms with Crippen LogP contribution in [0.25, 0.3) is 10.4 Å². The zero-order chi connectivity index (χ0) is 30.8. The summed E-state index contributed by atoms with van der Waals surface area (Å²) in [6.45, 7) is 12.3. The minimum Gasteiger partial charge on any atom is -0.460 e. The predicted molar refractivity (Wildman–Crippen MR) is 164 cm³/mol. The molecule has 0 aromatic heterocycles. The van der Waals surface area contributed by atoms with Gasteiger partial charge >= 0.3 is 12.0 Å². The van der Waals surface area contributed by atoms with E-state index >= 15 is 0 Å². The monoisotopic (exact) mass is 590 g/mol. The topological polar surface area (TPSA) is 124 Å². The van der Waals surface area contributed by atoms with Gasteiger partial charge in [-0.25, -0.2) is 0 Å². The molecule has 0 spiro atoms. The third kappa shape index (κ3) is 4.37. The number of carbonyl (C=O) groups is 2. The Hall–Kier alpha value is -2.57. The van der Waals surface area contributed by atoms with E-state index in [1.54, 1.807) is 0 Å². The number of rotatable bonds is 4. The summed E-state index contributed by atoms with van der Waals surface area (Å²) in [5, 5.41) is 17.4. The van der Waals surface area contributed by atoms with Crippen LogP contribution in [0.5, 0.6) is 0 Å². The Morgan fingerprint density at radius 1 is 0.930 bits per heavy atom. The van der Waals surface area contributed by atoms with Crippen LogP contribution in [0.3, 0.4) is 0 Å². The van der Waals surface area contributed by atoms with Crippen molar-refractivity contribution in [3.8, 4) is 0 Å². The van der Waals surface area contributed by atoms with Crippen LogP contribution < -0.4 is 5.32 Å². The number of carbonyl (C=O) groups excluding carboxylic acids is 2. The molecule has 1 aromatic carbocycles. The van der Waals surface area contributed by atoms with Gasteiger partial charge in [-0.05, 0) is 121 Å². The summed E-state index contributed by atoms with van der Waals surface area (Å²) in [5.74, 6) is 1.06. The fourth-order valence-corrected chi connectivity index (χ4v) is 12.2. The summed E-state index contributed by atoms with van der Waals surface area (Å²) in [4.78, 5) is 29.5. The van der Waals surface area contributed by atoms with Crippen molar-refractivity contribution in [1.82, 2.24) is 5.32 Å². The Kier molecular flexibility index (Phi) is 7.45. The molecule has 5 aliphatic carbocycles. The van der Waals surface area contributed by atoms with Crippen LogP contribution in [0.2, 0.25) is 0 Å². The Balaban J connectivity index is 1.35. The van der Waals surface area contributed by atoms with Crippen LogP contribution in [0.15, 0.2) is 35.4 Å². The van der Waals surface area contributed by atoms with E-state index in [1.807, 2.05) is 30.3 Å². The lowest BCUT2D eigenvalue weighted by atomic mass is 9.32. The van der Waals surface area contributed by atoms with Crippen LogP contribution in [0.1, 0.15) is 104 Å². The maximum atomic E-state index is 14.2. The second-order valence-corrected chi connectivity index (χ2v) is 16.1. The number of aliphatic hydroxyl groups is 1. The lowest BCUT2D eigenvalue weighted by molar-refractivity contribution is -0.248. The molecule has 5 fully saturated rings. The molecule has 10 atom stereocenters. The summed E-state index contributed by atoms with van der Waals surface area (Å²) in [7, 11) is 0. The number of nitrogens with one attached hydrogen (secondary N) is 1. The molecular weight excluding hydrogens is 540 g/mol. The van der Waals surface area contributed by atoms with E-state index in [9.17, 15) is 14.7 Å². The standard InChI is InChI=1S/C35H50N4O4/c1-31(2)25-14-17-34(5)26(32(25,3)16-15-27(31)40)12-11-23-28-24(37-30(42)38-39-36)13-18-35(28,20-19-33(23,34)4)29(41)43-21-22-9-7-6-8-10-22/h6-10,23-28,40H,11-21H2,1-5H3,(H,37,42)/t23-,24-,25+,26-,27+,28+,32+,33-,34-,35+/m1/s1. The molecule has 8 nitrogen and oxygen atoms in total. The Morgan fingerprint density at radius 2 is 1.67 bits per heavy atom. The largest absolute Gasteiger partial charge is 0.460 e. The summed E-state index contributed by atoms with van der Waals surface area (Å²) in [6.07, 6.45) is 9.07. The van der Waals surface area contributed by atoms with Gasteiger partial charge in [0.1, 0.15) is 6.61 Å². The highest BCUT2D eigenvalue weighted by Crippen LogP contribution is 2.76. The Bertz CT molecular complexity index is 1310. The molecule has 1 aromatic rings. The summed E-state index contributed by atoms with van der Waals surface area (Å²) in [5.41, 5.74) is 9.38. The van der Waals surface area contributed by atoms with E-state index in [2.05, 4.69) is 50.0 Å². The second-order valence-electron chi connectivity index (χ2n) is 16.1. The van der Waals surface area contributed by atoms with Crippen molar-refractivity contribution in [2.75, 3.05) is 0 Å². The molecule has 0 heterocycles. The molecular formula is C35H50N4O4. The van der Waals surface area contributed by atoms with E-state index in [1.165, 1.54) is 0 Å². The molecule has 2 N–H and O–H groups in total. The molecule has 5 aliphatic rings. The summed E-state index contributed by atoms with van der Waals surface area (Å²) >= 11 is 0. The Morgan fingerprint density at radius 3 is 2.40 bits per heavy atom. The molecule has 2 amide bonds. The van der Waals surface area contributed by atoms with Gasteiger partial charge in [-0.15, -0.1) is 0 Å². The number of benzene rings is 1. The molecule has 0 aliphatic heterocycles. The minimum atomic E-state index is -0.663. The van der Waals surface area contributed by atoms with Crippen molar-refractivity contribution in [3.63, 3.8) is 0 Å². The van der Waals surface area contributed by atoms with E-state index in [-0.39, 0.29) is 58.2 Å². The normalized spacial score (nSPS) is 44.4. The van der Waals surface area contributed by atoms with Crippen molar-refractivity contribution < 1.29 is 19.4 Å². The number of hydrogen-bond acceptors (Lipinski definition) is 4. The van der Waals surface area contributed by atoms with Crippen LogP contribution in [0.4, 0.5) is 4.79 Å². The maximum absolute atomic E-state index is 14.2. The van der Waals surface area contributed by atoms with E-state index in [4.69, 9.17) is 10.3 Å². The molecule has 0 unspecified atom stereocenters. The van der Waals surface area contributed by atoms with Crippen LogP contribution in [-0.4, -0.2) is 29.3 Å². The summed E-state index contributed by atoms with van der Waals surface area (Å²) in [6, 6.07) is 8.92. The third-order valence-electron chi connectivity index (χ3n) is 14.5. The van der Waals surface area contributed by atoms with Crippen molar-refractivity contribution in [2.45, 2.75) is 118 Å². The van der Waals surface area contributed by atoms with Gasteiger partial charge in [-0.1, -0.05) is 65.0 Å². The number of ether oxygens (including phenoxy) is 1. The van der Waals surface area contributed by atoms with Gasteiger partial charge in [0.05, 0.1) is 11.5 Å². The highest BCUT2D eigenvalue weighted by molar-refractivity contribution is 5.79. The van der Waals surface area contributed by atoms with Gasteiger partial charge in [0.15, 0.2) is 0 Å². The lowest BCUT2D eigenvalue weighted by Gasteiger charge is -2.72. The first-order valence-electron chi connectivity index (χ1n) is 16.6. The van der Waals surface area contributed by atoms with Crippen molar-refractivity contribution in [1.29, 1.82) is 0 Å². The molecule has 0 saturated heterocycles. The molecule has 0 radical (unpaired) electrons. The number of fused-ring (bicyclic) bond motifs is 7. The SMILES string of the molecule is CC1(C)[C@@H](O)CC[C@]2(C)[C@H]3CC[C@@H]4[C@H]5[C@H](NC(=O)N=[N+]=[N-])CC[C@]5(C(=O)OCc5ccccc5)CC[C@@]4(C)[C@]3(C)CC[C@@H]12. The molecule has 5 saturated carbocycles. The number of hydrogen-bond donors (Lipinski definition) is 2. The number of azide groups is 1. The van der Waals surface area contributed by atoms with Crippen molar-refractivity contribution >= 4 is 12.0 Å². The number of nitrogens with zero attached hydrogens (tertiary/aromatic N) is 3. The first-order chi connectivity index (χ1) is 20.3.